The predicted octanol–water partition coefficient (Wildman–Crippen LogP) is 1.95. The number of urea groups is 1. The predicted molar refractivity (Wildman–Crippen MR) is 59.6 cm³/mol. The van der Waals surface area contributed by atoms with Crippen LogP contribution in [0, 0.1) is 17.5 Å². The average Bonchev–Trinajstić information content (AvgIpc) is 2.33. The molecule has 4 nitrogen and oxygen atoms in total. The van der Waals surface area contributed by atoms with Gasteiger partial charge in [-0.05, 0) is 6.92 Å². The molecule has 1 aromatic rings. The van der Waals surface area contributed by atoms with Gasteiger partial charge in [0.15, 0.2) is 11.6 Å². The number of nitrogens with one attached hydrogen (secondary N) is 1. The molecule has 1 aromatic carbocycles. The van der Waals surface area contributed by atoms with Crippen LogP contribution < -0.4 is 5.32 Å². The molecule has 18 heavy (non-hydrogen) atoms. The molecule has 2 N–H and O–H groups in total. The molecule has 0 heterocycles. The first-order valence-electron chi connectivity index (χ1n) is 5.16. The summed E-state index contributed by atoms with van der Waals surface area (Å²) in [6.07, 6.45) is 0. The van der Waals surface area contributed by atoms with Crippen LogP contribution in [-0.2, 0) is 0 Å². The fourth-order valence-corrected chi connectivity index (χ4v) is 1.14. The van der Waals surface area contributed by atoms with Gasteiger partial charge >= 0.3 is 6.03 Å². The van der Waals surface area contributed by atoms with E-state index in [0.717, 1.165) is 4.90 Å². The smallest absolute Gasteiger partial charge is 0.321 e. The van der Waals surface area contributed by atoms with E-state index in [1.807, 2.05) is 0 Å². The maximum Gasteiger partial charge on any atom is 0.321 e. The molecule has 0 saturated heterocycles. The maximum absolute atomic E-state index is 13.2. The number of nitrogens with zero attached hydrogens (tertiary/aromatic N) is 1. The van der Waals surface area contributed by atoms with Crippen molar-refractivity contribution in [2.24, 2.45) is 0 Å². The Morgan fingerprint density at radius 1 is 1.33 bits per heavy atom. The first-order valence-corrected chi connectivity index (χ1v) is 5.16. The van der Waals surface area contributed by atoms with E-state index in [4.69, 9.17) is 5.11 Å². The van der Waals surface area contributed by atoms with Gasteiger partial charge in [0.25, 0.3) is 0 Å². The van der Waals surface area contributed by atoms with E-state index in [2.05, 4.69) is 5.32 Å². The number of aliphatic hydroxyl groups excluding tert-OH is 1. The highest BCUT2D eigenvalue weighted by atomic mass is 19.2. The zero-order valence-corrected chi connectivity index (χ0v) is 9.88. The van der Waals surface area contributed by atoms with Crippen molar-refractivity contribution in [2.45, 2.75) is 13.0 Å². The number of carbonyl (C=O) groups excluding carboxylic acids is 1. The number of amides is 2. The summed E-state index contributed by atoms with van der Waals surface area (Å²) in [4.78, 5) is 12.7. The Bertz CT molecular complexity index is 454. The van der Waals surface area contributed by atoms with Gasteiger partial charge in [0.05, 0.1) is 18.3 Å². The third-order valence-electron chi connectivity index (χ3n) is 2.50. The van der Waals surface area contributed by atoms with Crippen molar-refractivity contribution in [3.63, 3.8) is 0 Å². The Hall–Kier alpha value is -1.76. The van der Waals surface area contributed by atoms with E-state index < -0.39 is 35.2 Å². The summed E-state index contributed by atoms with van der Waals surface area (Å²) in [7, 11) is 1.38. The average molecular weight is 262 g/mol. The Morgan fingerprint density at radius 3 is 2.44 bits per heavy atom. The number of aliphatic hydroxyl groups is 1. The van der Waals surface area contributed by atoms with Crippen molar-refractivity contribution >= 4 is 11.7 Å². The molecule has 0 spiro atoms. The van der Waals surface area contributed by atoms with Gasteiger partial charge in [0.1, 0.15) is 5.82 Å². The van der Waals surface area contributed by atoms with Gasteiger partial charge in [-0.1, -0.05) is 0 Å². The van der Waals surface area contributed by atoms with E-state index >= 15 is 0 Å². The highest BCUT2D eigenvalue weighted by molar-refractivity contribution is 5.89. The number of rotatable bonds is 3. The minimum Gasteiger partial charge on any atom is -0.394 e. The van der Waals surface area contributed by atoms with Crippen LogP contribution in [-0.4, -0.2) is 35.7 Å². The van der Waals surface area contributed by atoms with Crippen LogP contribution in [0.25, 0.3) is 0 Å². The van der Waals surface area contributed by atoms with Gasteiger partial charge in [0, 0.05) is 19.2 Å². The second-order valence-electron chi connectivity index (χ2n) is 3.82. The second-order valence-corrected chi connectivity index (χ2v) is 3.82. The molecule has 0 aliphatic rings. The molecule has 100 valence electrons. The van der Waals surface area contributed by atoms with E-state index in [9.17, 15) is 18.0 Å². The fraction of sp³-hybridized carbons (Fsp3) is 0.364. The van der Waals surface area contributed by atoms with Crippen molar-refractivity contribution in [2.75, 3.05) is 19.0 Å². The molecule has 0 saturated carbocycles. The quantitative estimate of drug-likeness (QED) is 0.818. The highest BCUT2D eigenvalue weighted by Crippen LogP contribution is 2.18. The fourth-order valence-electron chi connectivity index (χ4n) is 1.14. The van der Waals surface area contributed by atoms with E-state index in [0.29, 0.717) is 12.1 Å². The lowest BCUT2D eigenvalue weighted by atomic mass is 10.3. The number of hydrogen-bond acceptors (Lipinski definition) is 2. The summed E-state index contributed by atoms with van der Waals surface area (Å²) >= 11 is 0. The van der Waals surface area contributed by atoms with Gasteiger partial charge in [-0.3, -0.25) is 0 Å². The molecular weight excluding hydrogens is 249 g/mol. The Balaban J connectivity index is 2.85. The van der Waals surface area contributed by atoms with Crippen molar-refractivity contribution in [3.8, 4) is 0 Å². The summed E-state index contributed by atoms with van der Waals surface area (Å²) in [6, 6.07) is -0.319. The molecular formula is C11H13F3N2O2. The van der Waals surface area contributed by atoms with Crippen LogP contribution in [0.4, 0.5) is 23.7 Å². The Morgan fingerprint density at radius 2 is 1.89 bits per heavy atom. The van der Waals surface area contributed by atoms with Crippen LogP contribution >= 0.6 is 0 Å². The normalized spacial score (nSPS) is 12.1. The Labute approximate surface area is 102 Å². The molecule has 0 radical (unpaired) electrons. The molecule has 2 amide bonds. The minimum absolute atomic E-state index is 0.274. The summed E-state index contributed by atoms with van der Waals surface area (Å²) in [6.45, 7) is 1.30. The van der Waals surface area contributed by atoms with Crippen LogP contribution in [0.15, 0.2) is 12.1 Å². The maximum atomic E-state index is 13.2. The van der Waals surface area contributed by atoms with Gasteiger partial charge < -0.3 is 15.3 Å². The van der Waals surface area contributed by atoms with Crippen molar-refractivity contribution in [3.05, 3.63) is 29.6 Å². The molecule has 1 atom stereocenters. The lowest BCUT2D eigenvalue weighted by molar-refractivity contribution is 0.166. The lowest BCUT2D eigenvalue weighted by Gasteiger charge is -2.23. The first kappa shape index (κ1) is 14.3. The highest BCUT2D eigenvalue weighted by Gasteiger charge is 2.17. The van der Waals surface area contributed by atoms with Gasteiger partial charge in [-0.25, -0.2) is 18.0 Å². The van der Waals surface area contributed by atoms with Crippen molar-refractivity contribution in [1.29, 1.82) is 0 Å². The summed E-state index contributed by atoms with van der Waals surface area (Å²) in [5.41, 5.74) is -0.462. The number of hydrogen-bond donors (Lipinski definition) is 2. The van der Waals surface area contributed by atoms with Gasteiger partial charge in [0.2, 0.25) is 0 Å². The Kier molecular flexibility index (Phi) is 4.55. The molecule has 0 aliphatic heterocycles. The molecule has 7 heteroatoms. The third-order valence-corrected chi connectivity index (χ3v) is 2.50. The van der Waals surface area contributed by atoms with Crippen LogP contribution in [0.3, 0.4) is 0 Å². The van der Waals surface area contributed by atoms with Crippen LogP contribution in [0.2, 0.25) is 0 Å². The zero-order chi connectivity index (χ0) is 13.9. The molecule has 1 unspecified atom stereocenters. The molecule has 1 rings (SSSR count). The zero-order valence-electron chi connectivity index (χ0n) is 9.88. The standard InChI is InChI=1S/C11H13F3N2O2/c1-6(5-17)16(2)11(18)15-10-4-8(13)7(12)3-9(10)14/h3-4,6,17H,5H2,1-2H3,(H,15,18). The van der Waals surface area contributed by atoms with E-state index in [1.54, 1.807) is 6.92 Å². The first-order chi connectivity index (χ1) is 8.36. The molecule has 0 bridgehead atoms. The van der Waals surface area contributed by atoms with Gasteiger partial charge in [-0.15, -0.1) is 0 Å². The molecule has 0 fully saturated rings. The SMILES string of the molecule is CC(CO)N(C)C(=O)Nc1cc(F)c(F)cc1F. The number of halogens is 3. The van der Waals surface area contributed by atoms with Gasteiger partial charge in [-0.2, -0.15) is 0 Å². The largest absolute Gasteiger partial charge is 0.394 e. The minimum atomic E-state index is -1.33. The lowest BCUT2D eigenvalue weighted by Crippen LogP contribution is -2.40. The van der Waals surface area contributed by atoms with Crippen LogP contribution in [0.5, 0.6) is 0 Å². The monoisotopic (exact) mass is 262 g/mol. The second kappa shape index (κ2) is 5.72. The molecule has 0 aromatic heterocycles. The van der Waals surface area contributed by atoms with Crippen molar-refractivity contribution < 1.29 is 23.1 Å². The number of carbonyl (C=O) groups is 1. The summed E-state index contributed by atoms with van der Waals surface area (Å²) in [5.74, 6) is -3.67. The molecule has 0 aliphatic carbocycles. The number of likely N-dealkylation sites (N-methyl/N-ethyl adjacent to an activating group) is 1. The third kappa shape index (κ3) is 3.13. The summed E-state index contributed by atoms with van der Waals surface area (Å²) in [5, 5.41) is 10.9. The number of benzene rings is 1. The van der Waals surface area contributed by atoms with Crippen LogP contribution in [0.1, 0.15) is 6.92 Å². The van der Waals surface area contributed by atoms with E-state index in [1.165, 1.54) is 7.05 Å². The van der Waals surface area contributed by atoms with Crippen molar-refractivity contribution in [1.82, 2.24) is 4.90 Å². The summed E-state index contributed by atoms with van der Waals surface area (Å²) < 4.78 is 38.8. The van der Waals surface area contributed by atoms with E-state index in [-0.39, 0.29) is 6.61 Å². The topological polar surface area (TPSA) is 52.6 Å². The number of anilines is 1.